The average molecular weight is 383 g/mol. The number of aromatic nitrogens is 2. The van der Waals surface area contributed by atoms with Crippen LogP contribution >= 0.6 is 22.7 Å². The maximum Gasteiger partial charge on any atom is 0.265 e. The molecular weight excluding hydrogens is 364 g/mol. The van der Waals surface area contributed by atoms with Gasteiger partial charge in [-0.1, -0.05) is 6.92 Å². The molecule has 1 aliphatic heterocycles. The number of benzene rings is 1. The van der Waals surface area contributed by atoms with Crippen LogP contribution in [0.25, 0.3) is 15.3 Å². The Morgan fingerprint density at radius 3 is 2.92 bits per heavy atom. The molecule has 5 rings (SSSR count). The van der Waals surface area contributed by atoms with E-state index in [0.717, 1.165) is 40.0 Å². The highest BCUT2D eigenvalue weighted by Crippen LogP contribution is 2.29. The van der Waals surface area contributed by atoms with Crippen molar-refractivity contribution in [2.75, 3.05) is 23.3 Å². The van der Waals surface area contributed by atoms with Crippen molar-refractivity contribution in [2.45, 2.75) is 13.3 Å². The van der Waals surface area contributed by atoms with E-state index in [0.29, 0.717) is 4.88 Å². The van der Waals surface area contributed by atoms with E-state index in [1.165, 1.54) is 23.4 Å². The minimum absolute atomic E-state index is 0.0838. The molecule has 0 aliphatic carbocycles. The zero-order valence-corrected chi connectivity index (χ0v) is 15.9. The number of nitrogens with one attached hydrogen (secondary N) is 1. The van der Waals surface area contributed by atoms with Gasteiger partial charge in [-0.05, 0) is 42.7 Å². The van der Waals surface area contributed by atoms with Gasteiger partial charge in [-0.15, -0.1) is 22.7 Å². The van der Waals surface area contributed by atoms with Crippen molar-refractivity contribution in [3.63, 3.8) is 0 Å². The number of hydrogen-bond acceptors (Lipinski definition) is 5. The Bertz CT molecular complexity index is 1090. The number of carbonyl (C=O) groups is 1. The lowest BCUT2D eigenvalue weighted by atomic mass is 10.2. The number of fused-ring (bicyclic) bond motifs is 3. The Labute approximate surface area is 158 Å². The summed E-state index contributed by atoms with van der Waals surface area (Å²) in [6, 6.07) is 10.1. The normalized spacial score (nSPS) is 17.4. The van der Waals surface area contributed by atoms with Crippen LogP contribution < -0.4 is 10.2 Å². The molecule has 4 aromatic rings. The van der Waals surface area contributed by atoms with Gasteiger partial charge in [0.1, 0.15) is 4.83 Å². The monoisotopic (exact) mass is 382 g/mol. The number of anilines is 2. The summed E-state index contributed by atoms with van der Waals surface area (Å²) in [5.41, 5.74) is 3.04. The molecule has 1 aromatic carbocycles. The third-order valence-corrected chi connectivity index (χ3v) is 6.65. The number of carbonyl (C=O) groups excluding carboxylic acids is 1. The predicted octanol–water partition coefficient (Wildman–Crippen LogP) is 4.71. The van der Waals surface area contributed by atoms with Crippen molar-refractivity contribution in [1.29, 1.82) is 0 Å². The Morgan fingerprint density at radius 2 is 2.15 bits per heavy atom. The minimum Gasteiger partial charge on any atom is -0.371 e. The molecule has 0 bridgehead atoms. The molecule has 0 radical (unpaired) electrons. The van der Waals surface area contributed by atoms with Crippen LogP contribution in [-0.4, -0.2) is 28.4 Å². The van der Waals surface area contributed by atoms with Crippen molar-refractivity contribution in [3.05, 3.63) is 46.8 Å². The molecule has 7 heteroatoms. The van der Waals surface area contributed by atoms with Gasteiger partial charge in [0.2, 0.25) is 0 Å². The van der Waals surface area contributed by atoms with Crippen LogP contribution in [0.15, 0.2) is 41.9 Å². The second-order valence-electron chi connectivity index (χ2n) is 6.81. The summed E-state index contributed by atoms with van der Waals surface area (Å²) in [6.07, 6.45) is 3.23. The third-order valence-electron chi connectivity index (χ3n) is 4.88. The average Bonchev–Trinajstić information content (AvgIpc) is 3.37. The van der Waals surface area contributed by atoms with Crippen LogP contribution in [0.5, 0.6) is 0 Å². The van der Waals surface area contributed by atoms with Gasteiger partial charge in [-0.3, -0.25) is 9.20 Å². The fourth-order valence-corrected chi connectivity index (χ4v) is 5.17. The minimum atomic E-state index is -0.0838. The molecule has 1 atom stereocenters. The lowest BCUT2D eigenvalue weighted by molar-refractivity contribution is 0.103. The van der Waals surface area contributed by atoms with Crippen molar-refractivity contribution in [1.82, 2.24) is 9.38 Å². The summed E-state index contributed by atoms with van der Waals surface area (Å²) in [5.74, 6) is 0.668. The second-order valence-corrected chi connectivity index (χ2v) is 8.71. The smallest absolute Gasteiger partial charge is 0.265 e. The van der Waals surface area contributed by atoms with Crippen LogP contribution in [0.1, 0.15) is 23.0 Å². The van der Waals surface area contributed by atoms with Gasteiger partial charge >= 0.3 is 0 Å². The number of nitrogens with zero attached hydrogens (tertiary/aromatic N) is 3. The molecule has 3 aromatic heterocycles. The van der Waals surface area contributed by atoms with Gasteiger partial charge < -0.3 is 10.2 Å². The van der Waals surface area contributed by atoms with Gasteiger partial charge in [0.05, 0.1) is 10.4 Å². The SMILES string of the molecule is CC1CCN(c2ccc(NC(=O)c3cc4c(nc5sccn54)s3)cc2)C1. The highest BCUT2D eigenvalue weighted by molar-refractivity contribution is 7.21. The summed E-state index contributed by atoms with van der Waals surface area (Å²) in [4.78, 5) is 22.1. The van der Waals surface area contributed by atoms with Gasteiger partial charge in [0, 0.05) is 36.0 Å². The number of thiazole rings is 1. The maximum absolute atomic E-state index is 12.6. The number of rotatable bonds is 3. The molecule has 1 saturated heterocycles. The summed E-state index contributed by atoms with van der Waals surface area (Å²) >= 11 is 3.03. The molecule has 132 valence electrons. The Balaban J connectivity index is 1.33. The van der Waals surface area contributed by atoms with E-state index in [-0.39, 0.29) is 5.91 Å². The van der Waals surface area contributed by atoms with E-state index in [4.69, 9.17) is 0 Å². The number of amides is 1. The van der Waals surface area contributed by atoms with E-state index < -0.39 is 0 Å². The van der Waals surface area contributed by atoms with E-state index in [9.17, 15) is 4.79 Å². The van der Waals surface area contributed by atoms with Crippen molar-refractivity contribution >= 4 is 55.3 Å². The lowest BCUT2D eigenvalue weighted by Crippen LogP contribution is -2.19. The molecule has 1 amide bonds. The summed E-state index contributed by atoms with van der Waals surface area (Å²) < 4.78 is 2.03. The molecular formula is C19H18N4OS2. The van der Waals surface area contributed by atoms with Crippen molar-refractivity contribution < 1.29 is 4.79 Å². The molecule has 1 unspecified atom stereocenters. The lowest BCUT2D eigenvalue weighted by Gasteiger charge is -2.18. The first-order valence-electron chi connectivity index (χ1n) is 8.69. The van der Waals surface area contributed by atoms with Crippen LogP contribution in [0.3, 0.4) is 0 Å². The molecule has 26 heavy (non-hydrogen) atoms. The third kappa shape index (κ3) is 2.68. The topological polar surface area (TPSA) is 49.6 Å². The fraction of sp³-hybridized carbons (Fsp3) is 0.263. The standard InChI is InChI=1S/C19H18N4OS2/c1-12-6-7-22(11-12)14-4-2-13(3-5-14)20-17(24)16-10-15-18(26-16)21-19-23(15)8-9-25-19/h2-5,8-10,12H,6-7,11H2,1H3,(H,20,24). The van der Waals surface area contributed by atoms with Crippen molar-refractivity contribution in [3.8, 4) is 0 Å². The van der Waals surface area contributed by atoms with Crippen LogP contribution in [-0.2, 0) is 0 Å². The van der Waals surface area contributed by atoms with E-state index >= 15 is 0 Å². The summed E-state index contributed by atoms with van der Waals surface area (Å²) in [7, 11) is 0. The second kappa shape index (κ2) is 6.10. The van der Waals surface area contributed by atoms with Gasteiger partial charge in [0.25, 0.3) is 5.91 Å². The number of hydrogen-bond donors (Lipinski definition) is 1. The van der Waals surface area contributed by atoms with E-state index in [1.807, 2.05) is 34.2 Å². The maximum atomic E-state index is 12.6. The molecule has 0 spiro atoms. The quantitative estimate of drug-likeness (QED) is 0.558. The molecule has 5 nitrogen and oxygen atoms in total. The van der Waals surface area contributed by atoms with Crippen LogP contribution in [0.2, 0.25) is 0 Å². The first kappa shape index (κ1) is 15.8. The van der Waals surface area contributed by atoms with E-state index in [2.05, 4.69) is 34.3 Å². The molecule has 1 fully saturated rings. The molecule has 1 N–H and O–H groups in total. The highest BCUT2D eigenvalue weighted by atomic mass is 32.1. The Hall–Kier alpha value is -2.38. The van der Waals surface area contributed by atoms with Gasteiger partial charge in [-0.25, -0.2) is 4.98 Å². The molecule has 4 heterocycles. The zero-order chi connectivity index (χ0) is 17.7. The van der Waals surface area contributed by atoms with Crippen LogP contribution in [0, 0.1) is 5.92 Å². The first-order chi connectivity index (χ1) is 12.7. The van der Waals surface area contributed by atoms with Crippen molar-refractivity contribution in [2.24, 2.45) is 5.92 Å². The largest absolute Gasteiger partial charge is 0.371 e. The summed E-state index contributed by atoms with van der Waals surface area (Å²) in [5, 5.41) is 5.00. The fourth-order valence-electron chi connectivity index (χ4n) is 3.48. The Kier molecular flexibility index (Phi) is 3.72. The first-order valence-corrected chi connectivity index (χ1v) is 10.4. The highest BCUT2D eigenvalue weighted by Gasteiger charge is 2.19. The zero-order valence-electron chi connectivity index (χ0n) is 14.3. The van der Waals surface area contributed by atoms with Crippen LogP contribution in [0.4, 0.5) is 11.4 Å². The number of imidazole rings is 1. The van der Waals surface area contributed by atoms with Gasteiger partial charge in [0.15, 0.2) is 4.96 Å². The Morgan fingerprint density at radius 1 is 1.31 bits per heavy atom. The summed E-state index contributed by atoms with van der Waals surface area (Å²) in [6.45, 7) is 4.51. The number of thiophene rings is 1. The molecule has 1 aliphatic rings. The van der Waals surface area contributed by atoms with Gasteiger partial charge in [-0.2, -0.15) is 0 Å². The molecule has 0 saturated carbocycles. The predicted molar refractivity (Wildman–Crippen MR) is 109 cm³/mol. The van der Waals surface area contributed by atoms with E-state index in [1.54, 1.807) is 11.3 Å².